The molecule has 0 radical (unpaired) electrons. The van der Waals surface area contributed by atoms with Crippen molar-refractivity contribution in [1.82, 2.24) is 0 Å². The van der Waals surface area contributed by atoms with Gasteiger partial charge in [-0.25, -0.2) is 0 Å². The molecule has 0 aliphatic heterocycles. The molecule has 0 atom stereocenters. The molecule has 1 aromatic rings. The molecule has 0 unspecified atom stereocenters. The monoisotopic (exact) mass is 235 g/mol. The third-order valence-corrected chi connectivity index (χ3v) is 2.86. The Morgan fingerprint density at radius 2 is 1.88 bits per heavy atom. The van der Waals surface area contributed by atoms with Gasteiger partial charge in [0, 0.05) is 12.2 Å². The highest BCUT2D eigenvalue weighted by Gasteiger charge is 2.14. The average molecular weight is 235 g/mol. The number of unbranched alkanes of at least 4 members (excludes halogenated alkanes) is 1. The number of carbonyl (C=O) groups is 1. The van der Waals surface area contributed by atoms with Gasteiger partial charge in [-0.3, -0.25) is 4.79 Å². The van der Waals surface area contributed by atoms with Crippen LogP contribution in [0.5, 0.6) is 0 Å². The summed E-state index contributed by atoms with van der Waals surface area (Å²) in [5.74, 6) is -0.774. The van der Waals surface area contributed by atoms with E-state index in [0.717, 1.165) is 36.2 Å². The molecule has 0 amide bonds. The SMILES string of the molecule is CCCCN(CC(=O)O)c1c(C)cccc1C. The Balaban J connectivity index is 2.98. The van der Waals surface area contributed by atoms with Crippen LogP contribution in [0, 0.1) is 13.8 Å². The fraction of sp³-hybridized carbons (Fsp3) is 0.500. The first-order valence-electron chi connectivity index (χ1n) is 6.09. The highest BCUT2D eigenvalue weighted by molar-refractivity contribution is 5.75. The van der Waals surface area contributed by atoms with Crippen LogP contribution in [0.3, 0.4) is 0 Å². The molecule has 0 aromatic heterocycles. The van der Waals surface area contributed by atoms with Crippen LogP contribution in [0.1, 0.15) is 30.9 Å². The summed E-state index contributed by atoms with van der Waals surface area (Å²) in [5.41, 5.74) is 3.35. The Hall–Kier alpha value is -1.51. The van der Waals surface area contributed by atoms with Crippen molar-refractivity contribution in [2.24, 2.45) is 0 Å². The van der Waals surface area contributed by atoms with Crippen molar-refractivity contribution < 1.29 is 9.90 Å². The van der Waals surface area contributed by atoms with Gasteiger partial charge in [-0.05, 0) is 31.4 Å². The third kappa shape index (κ3) is 3.77. The molecule has 1 N–H and O–H groups in total. The zero-order valence-corrected chi connectivity index (χ0v) is 10.9. The summed E-state index contributed by atoms with van der Waals surface area (Å²) in [6.45, 7) is 7.05. The van der Waals surface area contributed by atoms with Crippen molar-refractivity contribution in [3.63, 3.8) is 0 Å². The zero-order chi connectivity index (χ0) is 12.8. The van der Waals surface area contributed by atoms with Crippen LogP contribution in [0.15, 0.2) is 18.2 Å². The fourth-order valence-electron chi connectivity index (χ4n) is 2.09. The van der Waals surface area contributed by atoms with Crippen LogP contribution < -0.4 is 4.90 Å². The summed E-state index contributed by atoms with van der Waals surface area (Å²) in [5, 5.41) is 8.98. The minimum Gasteiger partial charge on any atom is -0.480 e. The highest BCUT2D eigenvalue weighted by atomic mass is 16.4. The van der Waals surface area contributed by atoms with E-state index in [9.17, 15) is 4.79 Å². The van der Waals surface area contributed by atoms with E-state index in [1.807, 2.05) is 36.9 Å². The molecule has 0 saturated carbocycles. The van der Waals surface area contributed by atoms with Crippen molar-refractivity contribution in [2.45, 2.75) is 33.6 Å². The zero-order valence-electron chi connectivity index (χ0n) is 10.9. The van der Waals surface area contributed by atoms with E-state index in [1.165, 1.54) is 0 Å². The maximum atomic E-state index is 10.9. The molecule has 1 aromatic carbocycles. The minimum absolute atomic E-state index is 0.0751. The van der Waals surface area contributed by atoms with Gasteiger partial charge in [0.05, 0.1) is 0 Å². The highest BCUT2D eigenvalue weighted by Crippen LogP contribution is 2.24. The number of rotatable bonds is 6. The number of carboxylic acid groups (broad SMARTS) is 1. The summed E-state index contributed by atoms with van der Waals surface area (Å²) in [4.78, 5) is 12.9. The lowest BCUT2D eigenvalue weighted by atomic mass is 10.1. The second-order valence-electron chi connectivity index (χ2n) is 4.41. The predicted octanol–water partition coefficient (Wildman–Crippen LogP) is 2.99. The number of hydrogen-bond acceptors (Lipinski definition) is 2. The van der Waals surface area contributed by atoms with Gasteiger partial charge in [-0.15, -0.1) is 0 Å². The van der Waals surface area contributed by atoms with Crippen LogP contribution in [-0.4, -0.2) is 24.2 Å². The molecule has 0 fully saturated rings. The number of para-hydroxylation sites is 1. The Kier molecular flexibility index (Phi) is 5.01. The quantitative estimate of drug-likeness (QED) is 0.824. The second-order valence-corrected chi connectivity index (χ2v) is 4.41. The van der Waals surface area contributed by atoms with Gasteiger partial charge < -0.3 is 10.0 Å². The molecule has 0 bridgehead atoms. The Labute approximate surface area is 103 Å². The van der Waals surface area contributed by atoms with E-state index in [2.05, 4.69) is 6.92 Å². The van der Waals surface area contributed by atoms with Crippen molar-refractivity contribution in [3.8, 4) is 0 Å². The molecule has 1 rings (SSSR count). The van der Waals surface area contributed by atoms with Crippen molar-refractivity contribution in [2.75, 3.05) is 18.0 Å². The molecule has 0 heterocycles. The van der Waals surface area contributed by atoms with Gasteiger partial charge in [0.2, 0.25) is 0 Å². The number of nitrogens with zero attached hydrogens (tertiary/aromatic N) is 1. The molecule has 3 heteroatoms. The summed E-state index contributed by atoms with van der Waals surface area (Å²) in [6, 6.07) is 6.07. The van der Waals surface area contributed by atoms with Crippen LogP contribution in [-0.2, 0) is 4.79 Å². The standard InChI is InChI=1S/C14H21NO2/c1-4-5-9-15(10-13(16)17)14-11(2)7-6-8-12(14)3/h6-8H,4-5,9-10H2,1-3H3,(H,16,17). The van der Waals surface area contributed by atoms with Gasteiger partial charge in [0.25, 0.3) is 0 Å². The maximum absolute atomic E-state index is 10.9. The lowest BCUT2D eigenvalue weighted by Crippen LogP contribution is -2.31. The maximum Gasteiger partial charge on any atom is 0.323 e. The van der Waals surface area contributed by atoms with Crippen LogP contribution in [0.2, 0.25) is 0 Å². The lowest BCUT2D eigenvalue weighted by Gasteiger charge is -2.26. The second kappa shape index (κ2) is 6.28. The van der Waals surface area contributed by atoms with Crippen LogP contribution in [0.25, 0.3) is 0 Å². The molecule has 0 aliphatic carbocycles. The third-order valence-electron chi connectivity index (χ3n) is 2.86. The molecule has 94 valence electrons. The first kappa shape index (κ1) is 13.6. The van der Waals surface area contributed by atoms with Crippen molar-refractivity contribution >= 4 is 11.7 Å². The minimum atomic E-state index is -0.774. The van der Waals surface area contributed by atoms with E-state index in [-0.39, 0.29) is 6.54 Å². The fourth-order valence-corrected chi connectivity index (χ4v) is 2.09. The van der Waals surface area contributed by atoms with Gasteiger partial charge in [-0.1, -0.05) is 31.5 Å². The number of aliphatic carboxylic acids is 1. The summed E-state index contributed by atoms with van der Waals surface area (Å²) in [7, 11) is 0. The molecular weight excluding hydrogens is 214 g/mol. The number of anilines is 1. The Morgan fingerprint density at radius 1 is 1.29 bits per heavy atom. The lowest BCUT2D eigenvalue weighted by molar-refractivity contribution is -0.135. The topological polar surface area (TPSA) is 40.5 Å². The van der Waals surface area contributed by atoms with E-state index in [0.29, 0.717) is 0 Å². The molecule has 3 nitrogen and oxygen atoms in total. The van der Waals surface area contributed by atoms with Crippen molar-refractivity contribution in [3.05, 3.63) is 29.3 Å². The molecule has 0 aliphatic rings. The first-order chi connectivity index (χ1) is 8.06. The molecular formula is C14H21NO2. The summed E-state index contributed by atoms with van der Waals surface area (Å²) in [6.07, 6.45) is 2.09. The van der Waals surface area contributed by atoms with E-state index >= 15 is 0 Å². The Bertz CT molecular complexity index is 368. The van der Waals surface area contributed by atoms with Gasteiger partial charge >= 0.3 is 5.97 Å². The van der Waals surface area contributed by atoms with Gasteiger partial charge in [0.1, 0.15) is 6.54 Å². The van der Waals surface area contributed by atoms with E-state index in [1.54, 1.807) is 0 Å². The normalized spacial score (nSPS) is 10.3. The molecule has 0 saturated heterocycles. The number of aryl methyl sites for hydroxylation is 2. The van der Waals surface area contributed by atoms with Crippen LogP contribution >= 0.6 is 0 Å². The number of benzene rings is 1. The van der Waals surface area contributed by atoms with E-state index < -0.39 is 5.97 Å². The first-order valence-corrected chi connectivity index (χ1v) is 6.09. The average Bonchev–Trinajstić information content (AvgIpc) is 2.24. The van der Waals surface area contributed by atoms with Crippen molar-refractivity contribution in [1.29, 1.82) is 0 Å². The number of carboxylic acids is 1. The van der Waals surface area contributed by atoms with Crippen LogP contribution in [0.4, 0.5) is 5.69 Å². The molecule has 17 heavy (non-hydrogen) atoms. The van der Waals surface area contributed by atoms with E-state index in [4.69, 9.17) is 5.11 Å². The van der Waals surface area contributed by atoms with Gasteiger partial charge in [-0.2, -0.15) is 0 Å². The summed E-state index contributed by atoms with van der Waals surface area (Å²) < 4.78 is 0. The summed E-state index contributed by atoms with van der Waals surface area (Å²) >= 11 is 0. The Morgan fingerprint density at radius 3 is 2.35 bits per heavy atom. The smallest absolute Gasteiger partial charge is 0.323 e. The largest absolute Gasteiger partial charge is 0.480 e. The molecule has 0 spiro atoms. The number of hydrogen-bond donors (Lipinski definition) is 1. The predicted molar refractivity (Wildman–Crippen MR) is 70.7 cm³/mol. The van der Waals surface area contributed by atoms with Gasteiger partial charge in [0.15, 0.2) is 0 Å².